The summed E-state index contributed by atoms with van der Waals surface area (Å²) in [6.07, 6.45) is 7.52. The zero-order chi connectivity index (χ0) is 37.3. The van der Waals surface area contributed by atoms with Gasteiger partial charge in [-0.05, 0) is 46.8 Å². The molecule has 0 atom stereocenters. The largest absolute Gasteiger partial charge is 2.00 e. The minimum atomic E-state index is -0.333. The van der Waals surface area contributed by atoms with E-state index in [9.17, 15) is 0 Å². The first-order valence-corrected chi connectivity index (χ1v) is 18.5. The summed E-state index contributed by atoms with van der Waals surface area (Å²) in [6, 6.07) is 42.1. The Morgan fingerprint density at radius 1 is 0.482 bits per heavy atom. The van der Waals surface area contributed by atoms with Crippen molar-refractivity contribution in [3.05, 3.63) is 151 Å². The van der Waals surface area contributed by atoms with Crippen LogP contribution in [0.5, 0.6) is 23.0 Å². The van der Waals surface area contributed by atoms with Crippen LogP contribution in [0.25, 0.3) is 33.6 Å². The molecule has 3 aromatic heterocycles. The fourth-order valence-corrected chi connectivity index (χ4v) is 6.68. The van der Waals surface area contributed by atoms with Crippen LogP contribution >= 0.6 is 0 Å². The zero-order valence-corrected chi connectivity index (χ0v) is 35.0. The summed E-state index contributed by atoms with van der Waals surface area (Å²) in [5, 5.41) is 0. The molecule has 0 bridgehead atoms. The van der Waals surface area contributed by atoms with Crippen LogP contribution < -0.4 is 26.1 Å². The molecule has 0 unspecified atom stereocenters. The number of ether oxygens (including phenoxy) is 2. The van der Waals surface area contributed by atoms with Gasteiger partial charge in [-0.1, -0.05) is 76.9 Å². The predicted molar refractivity (Wildman–Crippen MR) is 216 cm³/mol. The number of hydrogen-bond acceptors (Lipinski definition) is 6. The van der Waals surface area contributed by atoms with Crippen LogP contribution in [0, 0.1) is 24.3 Å². The Hall–Kier alpha value is -4.75. The van der Waals surface area contributed by atoms with E-state index in [1.165, 1.54) is 11.1 Å². The molecular weight excluding hydrogens is 876 g/mol. The molecule has 0 saturated carbocycles. The fourth-order valence-electron chi connectivity index (χ4n) is 6.68. The standard InChI is InChI=1S/C47H39BN4O2.2Pd/c1-29(2)32-17-19-49-45(23-32)34-9-7-11-37(21-34)53-39-13-15-41-42-16-14-40(26-44(42)48(43(41)25-39)47-51-27-36(28-52-47)31(5)6)54-38-12-8-10-35(22-38)46-24-33(30(3)4)18-20-50-46;;/h7-20,23-24,27-31H,1-6H3;;/q-4;2*+2. The molecule has 0 amide bonds. The van der Waals surface area contributed by atoms with Crippen LogP contribution in [0.15, 0.2) is 110 Å². The fraction of sp³-hybridized carbons (Fsp3) is 0.191. The van der Waals surface area contributed by atoms with Gasteiger partial charge in [-0.25, -0.2) is 0 Å². The van der Waals surface area contributed by atoms with Crippen LogP contribution in [0.3, 0.4) is 0 Å². The molecule has 282 valence electrons. The number of rotatable bonds is 10. The van der Waals surface area contributed by atoms with Gasteiger partial charge in [-0.2, -0.15) is 34.2 Å². The third kappa shape index (κ3) is 8.63. The summed E-state index contributed by atoms with van der Waals surface area (Å²) in [5.74, 6) is 3.41. The van der Waals surface area contributed by atoms with Crippen LogP contribution in [-0.2, 0) is 40.8 Å². The van der Waals surface area contributed by atoms with Crippen molar-refractivity contribution in [2.45, 2.75) is 59.3 Å². The third-order valence-electron chi connectivity index (χ3n) is 9.81. The average Bonchev–Trinajstić information content (AvgIpc) is 3.51. The summed E-state index contributed by atoms with van der Waals surface area (Å²) in [4.78, 5) is 19.0. The van der Waals surface area contributed by atoms with Crippen molar-refractivity contribution in [1.29, 1.82) is 0 Å². The molecule has 1 aliphatic rings. The normalized spacial score (nSPS) is 11.6. The van der Waals surface area contributed by atoms with Crippen LogP contribution in [-0.4, -0.2) is 26.6 Å². The minimum absolute atomic E-state index is 0. The number of pyridine rings is 2. The monoisotopic (exact) mass is 914 g/mol. The topological polar surface area (TPSA) is 70.0 Å². The SMILES string of the molecule is CC(C)c1cnc(B2c3[c-]c(Oc4[c-]c(-c5cc(C(C)C)ccn5)ccc4)ccc3-c3ccc(Oc4[c-]c(-c5cc(C(C)C)ccn5)ccc4)[c-]c32)nc1.[Pd+2].[Pd+2]. The van der Waals surface area contributed by atoms with E-state index in [0.717, 1.165) is 50.1 Å². The maximum absolute atomic E-state index is 6.42. The van der Waals surface area contributed by atoms with Crippen molar-refractivity contribution in [1.82, 2.24) is 19.9 Å². The van der Waals surface area contributed by atoms with Gasteiger partial charge in [-0.15, -0.1) is 71.8 Å². The number of benzene rings is 4. The molecule has 7 aromatic rings. The van der Waals surface area contributed by atoms with E-state index in [-0.39, 0.29) is 47.6 Å². The molecule has 0 N–H and O–H groups in total. The van der Waals surface area contributed by atoms with Gasteiger partial charge in [0.25, 0.3) is 0 Å². The Morgan fingerprint density at radius 2 is 0.911 bits per heavy atom. The first kappa shape index (κ1) is 40.9. The smallest absolute Gasteiger partial charge is 0.503 e. The van der Waals surface area contributed by atoms with Crippen molar-refractivity contribution in [3.8, 4) is 56.6 Å². The van der Waals surface area contributed by atoms with E-state index in [4.69, 9.17) is 19.4 Å². The number of nitrogens with zero attached hydrogens (tertiary/aromatic N) is 4. The van der Waals surface area contributed by atoms with Gasteiger partial charge in [0.2, 0.25) is 6.71 Å². The van der Waals surface area contributed by atoms with Crippen molar-refractivity contribution in [2.75, 3.05) is 0 Å². The van der Waals surface area contributed by atoms with Crippen LogP contribution in [0.2, 0.25) is 0 Å². The van der Waals surface area contributed by atoms with Crippen molar-refractivity contribution in [2.24, 2.45) is 0 Å². The molecular formula is C47H39BN4O2Pd2. The molecule has 0 radical (unpaired) electrons. The average molecular weight is 916 g/mol. The first-order valence-electron chi connectivity index (χ1n) is 18.5. The van der Waals surface area contributed by atoms with Crippen LogP contribution in [0.1, 0.15) is 76.0 Å². The molecule has 0 saturated heterocycles. The van der Waals surface area contributed by atoms with E-state index in [1.807, 2.05) is 73.3 Å². The maximum atomic E-state index is 6.42. The molecule has 1 aliphatic heterocycles. The van der Waals surface area contributed by atoms with Crippen LogP contribution in [0.4, 0.5) is 0 Å². The zero-order valence-electron chi connectivity index (χ0n) is 31.9. The van der Waals surface area contributed by atoms with Gasteiger partial charge in [0, 0.05) is 47.8 Å². The Balaban J connectivity index is 0.00000266. The van der Waals surface area contributed by atoms with Crippen molar-refractivity contribution < 1.29 is 50.3 Å². The minimum Gasteiger partial charge on any atom is -0.503 e. The van der Waals surface area contributed by atoms with Gasteiger partial charge in [0.05, 0.1) is 5.72 Å². The molecule has 8 rings (SSSR count). The third-order valence-corrected chi connectivity index (χ3v) is 9.81. The molecule has 56 heavy (non-hydrogen) atoms. The number of aromatic nitrogens is 4. The summed E-state index contributed by atoms with van der Waals surface area (Å²) in [6.45, 7) is 12.7. The second-order valence-corrected chi connectivity index (χ2v) is 14.6. The summed E-state index contributed by atoms with van der Waals surface area (Å²) < 4.78 is 12.8. The Labute approximate surface area is 358 Å². The van der Waals surface area contributed by atoms with Crippen molar-refractivity contribution >= 4 is 23.4 Å². The van der Waals surface area contributed by atoms with Gasteiger partial charge < -0.3 is 19.4 Å². The second kappa shape index (κ2) is 17.6. The summed E-state index contributed by atoms with van der Waals surface area (Å²) >= 11 is 0. The Bertz CT molecular complexity index is 2330. The van der Waals surface area contributed by atoms with E-state index in [2.05, 4.69) is 112 Å². The maximum Gasteiger partial charge on any atom is 2.00 e. The number of fused-ring (bicyclic) bond motifs is 3. The summed E-state index contributed by atoms with van der Waals surface area (Å²) in [7, 11) is 0. The molecule has 9 heteroatoms. The molecule has 0 fully saturated rings. The van der Waals surface area contributed by atoms with Crippen molar-refractivity contribution in [3.63, 3.8) is 0 Å². The molecule has 4 aromatic carbocycles. The number of hydrogen-bond donors (Lipinski definition) is 0. The first-order chi connectivity index (χ1) is 26.2. The molecule has 6 nitrogen and oxygen atoms in total. The molecule has 0 spiro atoms. The van der Waals surface area contributed by atoms with Gasteiger partial charge in [-0.3, -0.25) is 9.97 Å². The van der Waals surface area contributed by atoms with E-state index in [1.54, 1.807) is 0 Å². The van der Waals surface area contributed by atoms with E-state index in [0.29, 0.717) is 46.5 Å². The quantitative estimate of drug-likeness (QED) is 0.101. The van der Waals surface area contributed by atoms with Gasteiger partial charge in [0.15, 0.2) is 0 Å². The van der Waals surface area contributed by atoms with E-state index < -0.39 is 0 Å². The van der Waals surface area contributed by atoms with Gasteiger partial charge in [0.1, 0.15) is 0 Å². The second-order valence-electron chi connectivity index (χ2n) is 14.6. The predicted octanol–water partition coefficient (Wildman–Crippen LogP) is 9.25. The summed E-state index contributed by atoms with van der Waals surface area (Å²) in [5.41, 5.74) is 11.5. The van der Waals surface area contributed by atoms with Gasteiger partial charge >= 0.3 is 40.8 Å². The Morgan fingerprint density at radius 3 is 1.34 bits per heavy atom. The molecule has 4 heterocycles. The van der Waals surface area contributed by atoms with E-state index >= 15 is 0 Å². The molecule has 0 aliphatic carbocycles. The Kier molecular flexibility index (Phi) is 12.8.